The van der Waals surface area contributed by atoms with E-state index in [2.05, 4.69) is 41.5 Å². The molecule has 0 saturated heterocycles. The Balaban J connectivity index is 1.58. The molecule has 3 N–H and O–H groups in total. The molecule has 6 nitrogen and oxygen atoms in total. The Bertz CT molecular complexity index is 1320. The molecular weight excluding hydrogens is 408 g/mol. The van der Waals surface area contributed by atoms with E-state index in [1.165, 1.54) is 17.3 Å². The summed E-state index contributed by atoms with van der Waals surface area (Å²) < 4.78 is 1.72. The number of hydrogen-bond donors (Lipinski definition) is 3. The molecule has 5 rings (SSSR count). The van der Waals surface area contributed by atoms with Crippen LogP contribution in [0, 0.1) is 6.92 Å². The van der Waals surface area contributed by atoms with E-state index in [0.29, 0.717) is 16.6 Å². The number of anilines is 1. The van der Waals surface area contributed by atoms with Gasteiger partial charge in [0, 0.05) is 16.4 Å². The summed E-state index contributed by atoms with van der Waals surface area (Å²) in [5, 5.41) is 18.8. The predicted octanol–water partition coefficient (Wildman–Crippen LogP) is 4.00. The molecule has 0 unspecified atom stereocenters. The van der Waals surface area contributed by atoms with Gasteiger partial charge in [0.05, 0.1) is 11.3 Å². The quantitative estimate of drug-likeness (QED) is 0.337. The van der Waals surface area contributed by atoms with Gasteiger partial charge in [-0.15, -0.1) is 0 Å². The largest absolute Gasteiger partial charge is 0.508 e. The van der Waals surface area contributed by atoms with Crippen LogP contribution in [0.3, 0.4) is 0 Å². The number of benzene rings is 3. The van der Waals surface area contributed by atoms with Gasteiger partial charge in [0.15, 0.2) is 0 Å². The number of nitrogens with zero attached hydrogens (tertiary/aromatic N) is 2. The van der Waals surface area contributed by atoms with Crippen LogP contribution in [0.25, 0.3) is 11.3 Å². The van der Waals surface area contributed by atoms with Crippen LogP contribution in [0.1, 0.15) is 22.9 Å². The van der Waals surface area contributed by atoms with E-state index in [9.17, 15) is 9.90 Å². The number of nitrogens with one attached hydrogen (secondary N) is 2. The van der Waals surface area contributed by atoms with Crippen molar-refractivity contribution in [2.45, 2.75) is 24.0 Å². The van der Waals surface area contributed by atoms with Crippen molar-refractivity contribution >= 4 is 17.4 Å². The zero-order valence-electron chi connectivity index (χ0n) is 16.9. The average Bonchev–Trinajstić information content (AvgIpc) is 2.78. The molecule has 154 valence electrons. The maximum atomic E-state index is 13.1. The molecule has 0 amide bonds. The van der Waals surface area contributed by atoms with Crippen LogP contribution in [0.2, 0.25) is 0 Å². The lowest BCUT2D eigenvalue weighted by molar-refractivity contribution is -0.759. The number of aromatic nitrogens is 3. The van der Waals surface area contributed by atoms with Crippen molar-refractivity contribution in [2.24, 2.45) is 0 Å². The highest BCUT2D eigenvalue weighted by atomic mass is 32.2. The smallest absolute Gasteiger partial charge is 0.325 e. The van der Waals surface area contributed by atoms with Gasteiger partial charge in [-0.3, -0.25) is 9.78 Å². The fourth-order valence-corrected chi connectivity index (χ4v) is 4.52. The van der Waals surface area contributed by atoms with Gasteiger partial charge in [-0.05, 0) is 47.5 Å². The lowest BCUT2D eigenvalue weighted by atomic mass is 10.0. The zero-order chi connectivity index (χ0) is 21.4. The fraction of sp³-hybridized carbons (Fsp3) is 0.125. The summed E-state index contributed by atoms with van der Waals surface area (Å²) in [6.45, 7) is 2.06. The van der Waals surface area contributed by atoms with Gasteiger partial charge in [-0.2, -0.15) is 0 Å². The van der Waals surface area contributed by atoms with Gasteiger partial charge >= 0.3 is 11.3 Å². The molecule has 0 radical (unpaired) electrons. The standard InChI is InChI=1S/C24H20N4O2S/c1-15-9-11-16(12-10-15)14-31-24-26-23(30)21-19-7-2-3-8-20(19)25-22(28(21)27-24)17-5-4-6-18(29)13-17/h2-13,22H,14H2,1H3,(H2,26,27,29,30)/p+1/t22-/m0/s1. The van der Waals surface area contributed by atoms with Crippen LogP contribution in [-0.2, 0) is 5.75 Å². The summed E-state index contributed by atoms with van der Waals surface area (Å²) in [5.74, 6) is 0.864. The number of aryl methyl sites for hydroxylation is 1. The van der Waals surface area contributed by atoms with Crippen LogP contribution >= 0.6 is 11.8 Å². The molecule has 0 aliphatic carbocycles. The highest BCUT2D eigenvalue weighted by molar-refractivity contribution is 7.98. The van der Waals surface area contributed by atoms with Crippen molar-refractivity contribution in [2.75, 3.05) is 5.32 Å². The monoisotopic (exact) mass is 429 g/mol. The third kappa shape index (κ3) is 3.80. The first-order valence-electron chi connectivity index (χ1n) is 9.98. The van der Waals surface area contributed by atoms with E-state index >= 15 is 0 Å². The second-order valence-electron chi connectivity index (χ2n) is 7.51. The Labute approximate surface area is 183 Å². The summed E-state index contributed by atoms with van der Waals surface area (Å²) in [5.41, 5.74) is 5.12. The fourth-order valence-electron chi connectivity index (χ4n) is 3.71. The summed E-state index contributed by atoms with van der Waals surface area (Å²) in [4.78, 5) is 16.1. The van der Waals surface area contributed by atoms with Gasteiger partial charge < -0.3 is 10.4 Å². The van der Waals surface area contributed by atoms with Crippen LogP contribution in [0.4, 0.5) is 5.69 Å². The summed E-state index contributed by atoms with van der Waals surface area (Å²) in [7, 11) is 0. The normalized spacial score (nSPS) is 14.4. The van der Waals surface area contributed by atoms with Crippen molar-refractivity contribution in [3.05, 3.63) is 99.8 Å². The van der Waals surface area contributed by atoms with Crippen LogP contribution in [0.5, 0.6) is 5.75 Å². The number of H-pyrrole nitrogens is 1. The van der Waals surface area contributed by atoms with E-state index < -0.39 is 6.17 Å². The molecule has 2 heterocycles. The number of rotatable bonds is 4. The van der Waals surface area contributed by atoms with Crippen LogP contribution in [-0.4, -0.2) is 15.2 Å². The topological polar surface area (TPSA) is 81.9 Å². The molecule has 0 fully saturated rings. The van der Waals surface area contributed by atoms with Gasteiger partial charge in [0.2, 0.25) is 5.16 Å². The first kappa shape index (κ1) is 19.4. The third-order valence-electron chi connectivity index (χ3n) is 5.26. The Morgan fingerprint density at radius 1 is 1.06 bits per heavy atom. The van der Waals surface area contributed by atoms with Gasteiger partial charge in [0.1, 0.15) is 5.75 Å². The summed E-state index contributed by atoms with van der Waals surface area (Å²) >= 11 is 1.48. The van der Waals surface area contributed by atoms with Crippen molar-refractivity contribution in [1.82, 2.24) is 10.1 Å². The summed E-state index contributed by atoms with van der Waals surface area (Å²) in [6, 6.07) is 23.0. The molecule has 4 aromatic rings. The molecule has 1 aliphatic rings. The number of phenolic OH excluding ortho intramolecular Hbond substituents is 1. The number of fused-ring (bicyclic) bond motifs is 3. The van der Waals surface area contributed by atoms with Crippen molar-refractivity contribution in [3.63, 3.8) is 0 Å². The molecule has 1 aromatic heterocycles. The third-order valence-corrected chi connectivity index (χ3v) is 6.20. The molecule has 3 aromatic carbocycles. The second kappa shape index (κ2) is 7.92. The minimum absolute atomic E-state index is 0.166. The number of aromatic amines is 1. The Hall–Kier alpha value is -3.58. The van der Waals surface area contributed by atoms with Gasteiger partial charge in [-0.1, -0.05) is 59.8 Å². The van der Waals surface area contributed by atoms with Crippen molar-refractivity contribution < 1.29 is 9.79 Å². The van der Waals surface area contributed by atoms with Crippen LogP contribution in [0.15, 0.2) is 82.7 Å². The van der Waals surface area contributed by atoms with Crippen molar-refractivity contribution in [1.29, 1.82) is 0 Å². The van der Waals surface area contributed by atoms with E-state index in [4.69, 9.17) is 5.10 Å². The van der Waals surface area contributed by atoms with E-state index in [1.807, 2.05) is 30.3 Å². The first-order chi connectivity index (χ1) is 15.1. The highest BCUT2D eigenvalue weighted by Crippen LogP contribution is 2.32. The van der Waals surface area contributed by atoms with Crippen LogP contribution < -0.4 is 15.6 Å². The maximum absolute atomic E-state index is 13.1. The van der Waals surface area contributed by atoms with Gasteiger partial charge in [-0.25, -0.2) is 0 Å². The SMILES string of the molecule is Cc1ccc(CSc2n[n+]3c(c(=O)[nH]2)-c2ccccc2N[C@@H]3c2cccc(O)c2)cc1. The Morgan fingerprint density at radius 3 is 2.68 bits per heavy atom. The minimum atomic E-state index is -0.418. The molecule has 31 heavy (non-hydrogen) atoms. The predicted molar refractivity (Wildman–Crippen MR) is 121 cm³/mol. The zero-order valence-corrected chi connectivity index (χ0v) is 17.7. The molecular formula is C24H21N4O2S+. The Morgan fingerprint density at radius 2 is 1.87 bits per heavy atom. The van der Waals surface area contributed by atoms with E-state index in [0.717, 1.165) is 22.4 Å². The molecule has 7 heteroatoms. The minimum Gasteiger partial charge on any atom is -0.508 e. The molecule has 1 atom stereocenters. The molecule has 1 aliphatic heterocycles. The molecule has 0 spiro atoms. The number of para-hydroxylation sites is 1. The lowest BCUT2D eigenvalue weighted by Gasteiger charge is -2.22. The Kier molecular flexibility index (Phi) is 4.95. The number of thioether (sulfide) groups is 1. The summed E-state index contributed by atoms with van der Waals surface area (Å²) in [6.07, 6.45) is -0.418. The molecule has 0 bridgehead atoms. The second-order valence-corrected chi connectivity index (χ2v) is 8.48. The lowest BCUT2D eigenvalue weighted by Crippen LogP contribution is -2.55. The highest BCUT2D eigenvalue weighted by Gasteiger charge is 2.37. The number of hydrogen-bond acceptors (Lipinski definition) is 5. The van der Waals surface area contributed by atoms with E-state index in [1.54, 1.807) is 22.9 Å². The van der Waals surface area contributed by atoms with E-state index in [-0.39, 0.29) is 11.3 Å². The average molecular weight is 430 g/mol. The van der Waals surface area contributed by atoms with Crippen molar-refractivity contribution in [3.8, 4) is 17.0 Å². The number of aromatic hydroxyl groups is 1. The number of phenols is 1. The van der Waals surface area contributed by atoms with Gasteiger partial charge in [0.25, 0.3) is 6.17 Å². The first-order valence-corrected chi connectivity index (χ1v) is 11.0. The molecule has 0 saturated carbocycles. The maximum Gasteiger partial charge on any atom is 0.325 e.